The van der Waals surface area contributed by atoms with Crippen molar-refractivity contribution >= 4 is 33.5 Å². The fourth-order valence-electron chi connectivity index (χ4n) is 3.22. The van der Waals surface area contributed by atoms with E-state index in [4.69, 9.17) is 16.2 Å². The summed E-state index contributed by atoms with van der Waals surface area (Å²) in [7, 11) is -3.61. The normalized spacial score (nSPS) is 15.4. The van der Waals surface area contributed by atoms with Crippen LogP contribution in [0.25, 0.3) is 0 Å². The van der Waals surface area contributed by atoms with Crippen molar-refractivity contribution in [2.45, 2.75) is 50.2 Å². The zero-order valence-corrected chi connectivity index (χ0v) is 18.5. The summed E-state index contributed by atoms with van der Waals surface area (Å²) in [5.41, 5.74) is 10.4. The van der Waals surface area contributed by atoms with Gasteiger partial charge in [-0.15, -0.1) is 0 Å². The summed E-state index contributed by atoms with van der Waals surface area (Å²) in [6.45, 7) is 6.20. The first kappa shape index (κ1) is 23.5. The van der Waals surface area contributed by atoms with Gasteiger partial charge in [-0.05, 0) is 45.7 Å². The number of amides is 2. The van der Waals surface area contributed by atoms with Crippen LogP contribution in [0.5, 0.6) is 0 Å². The van der Waals surface area contributed by atoms with Gasteiger partial charge >= 0.3 is 6.09 Å². The maximum absolute atomic E-state index is 12.5. The summed E-state index contributed by atoms with van der Waals surface area (Å²) in [6, 6.07) is 4.29. The molecule has 2 rings (SSSR count). The van der Waals surface area contributed by atoms with Crippen LogP contribution in [0, 0.1) is 0 Å². The van der Waals surface area contributed by atoms with E-state index < -0.39 is 33.4 Å². The highest BCUT2D eigenvalue weighted by Crippen LogP contribution is 2.32. The number of nitrogens with one attached hydrogen (secondary N) is 1. The number of rotatable bonds is 4. The van der Waals surface area contributed by atoms with Crippen LogP contribution in [0.15, 0.2) is 28.1 Å². The van der Waals surface area contributed by atoms with Gasteiger partial charge in [0.05, 0.1) is 16.1 Å². The number of benzene rings is 1. The Hall–Kier alpha value is -2.82. The molecule has 0 spiro atoms. The summed E-state index contributed by atoms with van der Waals surface area (Å²) in [5, 5.41) is 2.83. The maximum atomic E-state index is 12.5. The van der Waals surface area contributed by atoms with Gasteiger partial charge in [-0.3, -0.25) is 4.79 Å². The molecule has 0 aromatic heterocycles. The number of nitrogens with two attached hydrogens (primary N) is 2. The number of aliphatic imine (C=N–C) groups is 1. The molecule has 10 nitrogen and oxygen atoms in total. The zero-order valence-electron chi connectivity index (χ0n) is 17.6. The molecule has 1 heterocycles. The number of carbonyl (C=O) groups excluding carboxylic acids is 2. The van der Waals surface area contributed by atoms with Gasteiger partial charge in [-0.25, -0.2) is 13.2 Å². The molecule has 0 unspecified atom stereocenters. The van der Waals surface area contributed by atoms with Crippen LogP contribution in [-0.2, 0) is 14.6 Å². The first-order chi connectivity index (χ1) is 13.8. The summed E-state index contributed by atoms with van der Waals surface area (Å²) >= 11 is 0. The zero-order chi connectivity index (χ0) is 22.7. The van der Waals surface area contributed by atoms with Crippen LogP contribution in [0.2, 0.25) is 0 Å². The number of hydrogen-bond acceptors (Lipinski definition) is 6. The number of nitrogens with zero attached hydrogens (tertiary/aromatic N) is 2. The standard InChI is InChI=1S/C19H29N5O5S/c1-19(2,3)29-18(26)22-12-8-10-24(11-9-12)15-13(16(25)23-17(20)21)6-5-7-14(15)30(4,27)28/h5-7,12H,8-11H2,1-4H3,(H,22,26)(H4,20,21,23,25). The molecule has 0 aliphatic carbocycles. The molecule has 0 bridgehead atoms. The van der Waals surface area contributed by atoms with Crippen molar-refractivity contribution in [3.63, 3.8) is 0 Å². The highest BCUT2D eigenvalue weighted by Gasteiger charge is 2.29. The van der Waals surface area contributed by atoms with Crippen molar-refractivity contribution in [3.8, 4) is 0 Å². The topological polar surface area (TPSA) is 157 Å². The molecule has 5 N–H and O–H groups in total. The van der Waals surface area contributed by atoms with Crippen LogP contribution >= 0.6 is 0 Å². The predicted molar refractivity (Wildman–Crippen MR) is 114 cm³/mol. The highest BCUT2D eigenvalue weighted by molar-refractivity contribution is 7.90. The smallest absolute Gasteiger partial charge is 0.407 e. The first-order valence-corrected chi connectivity index (χ1v) is 11.4. The molecule has 0 radical (unpaired) electrons. The van der Waals surface area contributed by atoms with E-state index in [0.29, 0.717) is 25.9 Å². The van der Waals surface area contributed by atoms with Gasteiger partial charge < -0.3 is 26.4 Å². The third-order valence-electron chi connectivity index (χ3n) is 4.39. The van der Waals surface area contributed by atoms with Crippen molar-refractivity contribution < 1.29 is 22.7 Å². The quantitative estimate of drug-likeness (QED) is 0.463. The Morgan fingerprint density at radius 1 is 1.20 bits per heavy atom. The van der Waals surface area contributed by atoms with Gasteiger partial charge in [-0.1, -0.05) is 6.07 Å². The van der Waals surface area contributed by atoms with E-state index in [-0.39, 0.29) is 22.2 Å². The number of anilines is 1. The fraction of sp³-hybridized carbons (Fsp3) is 0.526. The minimum absolute atomic E-state index is 0.0256. The number of guanidine groups is 1. The second kappa shape index (κ2) is 8.90. The molecule has 1 aliphatic heterocycles. The Balaban J connectivity index is 2.26. The third kappa shape index (κ3) is 6.34. The summed E-state index contributed by atoms with van der Waals surface area (Å²) in [4.78, 5) is 29.9. The number of carbonyl (C=O) groups is 2. The van der Waals surface area contributed by atoms with Gasteiger partial charge in [0.25, 0.3) is 5.91 Å². The van der Waals surface area contributed by atoms with Crippen molar-refractivity contribution in [1.29, 1.82) is 0 Å². The predicted octanol–water partition coefficient (Wildman–Crippen LogP) is 0.997. The Labute approximate surface area is 176 Å². The van der Waals surface area contributed by atoms with Crippen molar-refractivity contribution in [1.82, 2.24) is 5.32 Å². The minimum atomic E-state index is -3.61. The van der Waals surface area contributed by atoms with E-state index in [1.165, 1.54) is 18.2 Å². The van der Waals surface area contributed by atoms with Crippen LogP contribution in [0.3, 0.4) is 0 Å². The molecule has 0 atom stereocenters. The van der Waals surface area contributed by atoms with Gasteiger partial charge in [0.1, 0.15) is 5.60 Å². The van der Waals surface area contributed by atoms with E-state index in [1.54, 1.807) is 25.7 Å². The molecule has 11 heteroatoms. The molecule has 30 heavy (non-hydrogen) atoms. The number of hydrogen-bond donors (Lipinski definition) is 3. The molecule has 1 aromatic rings. The second-order valence-electron chi connectivity index (χ2n) is 8.17. The van der Waals surface area contributed by atoms with E-state index >= 15 is 0 Å². The summed E-state index contributed by atoms with van der Waals surface area (Å²) in [5.74, 6) is -1.12. The lowest BCUT2D eigenvalue weighted by atomic mass is 10.0. The lowest BCUT2D eigenvalue weighted by molar-refractivity contribution is 0.0497. The van der Waals surface area contributed by atoms with Crippen molar-refractivity contribution in [3.05, 3.63) is 23.8 Å². The number of piperidine rings is 1. The largest absolute Gasteiger partial charge is 0.444 e. The lowest BCUT2D eigenvalue weighted by Gasteiger charge is -2.35. The monoisotopic (exact) mass is 439 g/mol. The third-order valence-corrected chi connectivity index (χ3v) is 5.52. The van der Waals surface area contributed by atoms with Gasteiger partial charge in [-0.2, -0.15) is 4.99 Å². The Kier molecular flexibility index (Phi) is 6.96. The average Bonchev–Trinajstić information content (AvgIpc) is 2.58. The van der Waals surface area contributed by atoms with E-state index in [9.17, 15) is 18.0 Å². The molecule has 1 saturated heterocycles. The van der Waals surface area contributed by atoms with E-state index in [1.807, 2.05) is 0 Å². The molecule has 2 amide bonds. The van der Waals surface area contributed by atoms with Crippen LogP contribution in [0.1, 0.15) is 44.0 Å². The summed E-state index contributed by atoms with van der Waals surface area (Å²) in [6.07, 6.45) is 1.68. The second-order valence-corrected chi connectivity index (χ2v) is 10.2. The van der Waals surface area contributed by atoms with Crippen LogP contribution in [-0.4, -0.2) is 57.4 Å². The average molecular weight is 440 g/mol. The number of sulfone groups is 1. The molecule has 1 aliphatic rings. The molecule has 1 aromatic carbocycles. The molecular weight excluding hydrogens is 410 g/mol. The van der Waals surface area contributed by atoms with Crippen LogP contribution in [0.4, 0.5) is 10.5 Å². The number of alkyl carbamates (subject to hydrolysis) is 1. The van der Waals surface area contributed by atoms with Crippen molar-refractivity contribution in [2.24, 2.45) is 16.5 Å². The van der Waals surface area contributed by atoms with Gasteiger partial charge in [0.15, 0.2) is 15.8 Å². The van der Waals surface area contributed by atoms with Crippen molar-refractivity contribution in [2.75, 3.05) is 24.2 Å². The molecule has 166 valence electrons. The first-order valence-electron chi connectivity index (χ1n) is 9.49. The Morgan fingerprint density at radius 2 is 1.80 bits per heavy atom. The van der Waals surface area contributed by atoms with Gasteiger partial charge in [0, 0.05) is 25.4 Å². The van der Waals surface area contributed by atoms with Gasteiger partial charge in [0.2, 0.25) is 0 Å². The van der Waals surface area contributed by atoms with E-state index in [2.05, 4.69) is 10.3 Å². The number of para-hydroxylation sites is 1. The molecule has 1 fully saturated rings. The molecule has 0 saturated carbocycles. The minimum Gasteiger partial charge on any atom is -0.444 e. The molecular formula is C19H29N5O5S. The summed E-state index contributed by atoms with van der Waals surface area (Å²) < 4.78 is 30.0. The van der Waals surface area contributed by atoms with Crippen LogP contribution < -0.4 is 21.7 Å². The Morgan fingerprint density at radius 3 is 2.30 bits per heavy atom. The van der Waals surface area contributed by atoms with E-state index in [0.717, 1.165) is 6.26 Å². The number of ether oxygens (including phenoxy) is 1. The lowest BCUT2D eigenvalue weighted by Crippen LogP contribution is -2.46. The maximum Gasteiger partial charge on any atom is 0.407 e. The highest BCUT2D eigenvalue weighted by atomic mass is 32.2. The Bertz CT molecular complexity index is 941. The fourth-order valence-corrected chi connectivity index (χ4v) is 4.14. The SMILES string of the molecule is CC(C)(C)OC(=O)NC1CCN(c2c(C(=O)N=C(N)N)cccc2S(C)(=O)=O)CC1.